The topological polar surface area (TPSA) is 80.4 Å². The van der Waals surface area contributed by atoms with Crippen LogP contribution in [0.3, 0.4) is 0 Å². The first-order valence-electron chi connectivity index (χ1n) is 7.07. The third kappa shape index (κ3) is 4.93. The van der Waals surface area contributed by atoms with Crippen molar-refractivity contribution in [3.05, 3.63) is 47.8 Å². The fraction of sp³-hybridized carbons (Fsp3) is 0.467. The van der Waals surface area contributed by atoms with E-state index in [0.29, 0.717) is 18.7 Å². The molecule has 2 atom stereocenters. The number of aliphatic hydroxyl groups is 2. The van der Waals surface area contributed by atoms with Gasteiger partial charge in [-0.1, -0.05) is 42.5 Å². The Bertz CT molecular complexity index is 530. The van der Waals surface area contributed by atoms with Gasteiger partial charge in [0.25, 0.3) is 0 Å². The zero-order valence-corrected chi connectivity index (χ0v) is 12.1. The second-order valence-electron chi connectivity index (χ2n) is 4.94. The molecular formula is C15H21N3O3. The highest BCUT2D eigenvalue weighted by Crippen LogP contribution is 2.12. The number of aliphatic hydroxyl groups excluding tert-OH is 2. The zero-order chi connectivity index (χ0) is 15.1. The Kier molecular flexibility index (Phi) is 5.86. The van der Waals surface area contributed by atoms with Crippen molar-refractivity contribution < 1.29 is 14.9 Å². The standard InChI is InChI=1S/C15H21N3O3/c1-2-15(20)14-9-18(17-16-14)8-13(19)11-21-10-12-6-4-3-5-7-12/h3-7,9,13,15,19-20H,2,8,10-11H2,1H3. The van der Waals surface area contributed by atoms with E-state index >= 15 is 0 Å². The van der Waals surface area contributed by atoms with Gasteiger partial charge < -0.3 is 14.9 Å². The number of hydrogen-bond donors (Lipinski definition) is 2. The first-order valence-corrected chi connectivity index (χ1v) is 7.07. The molecule has 6 nitrogen and oxygen atoms in total. The Balaban J connectivity index is 1.74. The van der Waals surface area contributed by atoms with E-state index in [1.54, 1.807) is 6.20 Å². The zero-order valence-electron chi connectivity index (χ0n) is 12.1. The predicted octanol–water partition coefficient (Wildman–Crippen LogP) is 1.30. The van der Waals surface area contributed by atoms with Crippen LogP contribution in [0.2, 0.25) is 0 Å². The van der Waals surface area contributed by atoms with Crippen LogP contribution in [-0.2, 0) is 17.9 Å². The summed E-state index contributed by atoms with van der Waals surface area (Å²) in [6, 6.07) is 9.80. The lowest BCUT2D eigenvalue weighted by Crippen LogP contribution is -2.22. The molecule has 2 rings (SSSR count). The number of hydrogen-bond acceptors (Lipinski definition) is 5. The Morgan fingerprint density at radius 3 is 2.71 bits per heavy atom. The highest BCUT2D eigenvalue weighted by Gasteiger charge is 2.12. The molecule has 0 fully saturated rings. The van der Waals surface area contributed by atoms with E-state index in [1.165, 1.54) is 4.68 Å². The predicted molar refractivity (Wildman–Crippen MR) is 77.4 cm³/mol. The summed E-state index contributed by atoms with van der Waals surface area (Å²) in [4.78, 5) is 0. The van der Waals surface area contributed by atoms with Crippen molar-refractivity contribution in [2.45, 2.75) is 38.7 Å². The second kappa shape index (κ2) is 7.87. The van der Waals surface area contributed by atoms with Gasteiger partial charge in [-0.3, -0.25) is 0 Å². The summed E-state index contributed by atoms with van der Waals surface area (Å²) in [5.74, 6) is 0. The van der Waals surface area contributed by atoms with Crippen LogP contribution < -0.4 is 0 Å². The maximum absolute atomic E-state index is 9.91. The molecule has 114 valence electrons. The summed E-state index contributed by atoms with van der Waals surface area (Å²) in [6.07, 6.45) is 0.961. The molecule has 0 saturated carbocycles. The average Bonchev–Trinajstić information content (AvgIpc) is 2.96. The lowest BCUT2D eigenvalue weighted by molar-refractivity contribution is 0.0184. The summed E-state index contributed by atoms with van der Waals surface area (Å²) < 4.78 is 6.99. The normalized spacial score (nSPS) is 14.0. The molecule has 1 heterocycles. The van der Waals surface area contributed by atoms with Gasteiger partial charge in [-0.05, 0) is 12.0 Å². The molecule has 2 N–H and O–H groups in total. The summed E-state index contributed by atoms with van der Waals surface area (Å²) in [6.45, 7) is 2.85. The minimum atomic E-state index is -0.665. The molecule has 2 unspecified atom stereocenters. The molecule has 0 bridgehead atoms. The van der Waals surface area contributed by atoms with Crippen molar-refractivity contribution in [3.63, 3.8) is 0 Å². The lowest BCUT2D eigenvalue weighted by Gasteiger charge is -2.11. The van der Waals surface area contributed by atoms with Crippen molar-refractivity contribution in [3.8, 4) is 0 Å². The van der Waals surface area contributed by atoms with E-state index in [2.05, 4.69) is 10.3 Å². The van der Waals surface area contributed by atoms with Gasteiger partial charge in [-0.25, -0.2) is 4.68 Å². The van der Waals surface area contributed by atoms with E-state index in [-0.39, 0.29) is 13.2 Å². The molecule has 0 aliphatic heterocycles. The van der Waals surface area contributed by atoms with Gasteiger partial charge in [0.2, 0.25) is 0 Å². The van der Waals surface area contributed by atoms with Crippen molar-refractivity contribution in [2.75, 3.05) is 6.61 Å². The van der Waals surface area contributed by atoms with Gasteiger partial charge in [-0.15, -0.1) is 5.10 Å². The van der Waals surface area contributed by atoms with Gasteiger partial charge >= 0.3 is 0 Å². The van der Waals surface area contributed by atoms with Crippen molar-refractivity contribution in [1.82, 2.24) is 15.0 Å². The molecule has 0 aliphatic rings. The van der Waals surface area contributed by atoms with Crippen LogP contribution in [0.25, 0.3) is 0 Å². The minimum absolute atomic E-state index is 0.223. The number of benzene rings is 1. The fourth-order valence-corrected chi connectivity index (χ4v) is 1.92. The summed E-state index contributed by atoms with van der Waals surface area (Å²) in [5.41, 5.74) is 1.59. The van der Waals surface area contributed by atoms with E-state index in [1.807, 2.05) is 37.3 Å². The molecule has 0 spiro atoms. The monoisotopic (exact) mass is 291 g/mol. The van der Waals surface area contributed by atoms with Gasteiger partial charge in [-0.2, -0.15) is 0 Å². The summed E-state index contributed by atoms with van der Waals surface area (Å²) in [7, 11) is 0. The van der Waals surface area contributed by atoms with Crippen LogP contribution in [0.1, 0.15) is 30.7 Å². The van der Waals surface area contributed by atoms with Crippen LogP contribution in [0.15, 0.2) is 36.5 Å². The molecule has 1 aromatic heterocycles. The molecule has 21 heavy (non-hydrogen) atoms. The number of ether oxygens (including phenoxy) is 1. The molecule has 0 saturated heterocycles. The number of nitrogens with zero attached hydrogens (tertiary/aromatic N) is 3. The number of rotatable bonds is 8. The SMILES string of the molecule is CCC(O)c1cn(CC(O)COCc2ccccc2)nn1. The Labute approximate surface area is 124 Å². The Morgan fingerprint density at radius 2 is 2.00 bits per heavy atom. The average molecular weight is 291 g/mol. The molecule has 0 amide bonds. The highest BCUT2D eigenvalue weighted by molar-refractivity contribution is 5.13. The minimum Gasteiger partial charge on any atom is -0.389 e. The lowest BCUT2D eigenvalue weighted by atomic mass is 10.2. The highest BCUT2D eigenvalue weighted by atomic mass is 16.5. The summed E-state index contributed by atoms with van der Waals surface area (Å²) >= 11 is 0. The quantitative estimate of drug-likeness (QED) is 0.766. The van der Waals surface area contributed by atoms with Crippen LogP contribution in [0.4, 0.5) is 0 Å². The molecule has 2 aromatic rings. The largest absolute Gasteiger partial charge is 0.389 e. The van der Waals surface area contributed by atoms with Crippen molar-refractivity contribution in [1.29, 1.82) is 0 Å². The Hall–Kier alpha value is -1.76. The molecule has 0 aliphatic carbocycles. The summed E-state index contributed by atoms with van der Waals surface area (Å²) in [5, 5.41) is 27.3. The maximum Gasteiger partial charge on any atom is 0.111 e. The van der Waals surface area contributed by atoms with Crippen molar-refractivity contribution in [2.24, 2.45) is 0 Å². The van der Waals surface area contributed by atoms with Gasteiger partial charge in [0.1, 0.15) is 5.69 Å². The number of aromatic nitrogens is 3. The molecule has 6 heteroatoms. The van der Waals surface area contributed by atoms with Crippen LogP contribution in [0.5, 0.6) is 0 Å². The van der Waals surface area contributed by atoms with Crippen LogP contribution in [-0.4, -0.2) is 37.9 Å². The van der Waals surface area contributed by atoms with E-state index < -0.39 is 12.2 Å². The molecule has 1 aromatic carbocycles. The second-order valence-corrected chi connectivity index (χ2v) is 4.94. The van der Waals surface area contributed by atoms with E-state index in [0.717, 1.165) is 5.56 Å². The van der Waals surface area contributed by atoms with Gasteiger partial charge in [0.05, 0.1) is 38.2 Å². The van der Waals surface area contributed by atoms with E-state index in [9.17, 15) is 10.2 Å². The third-order valence-corrected chi connectivity index (χ3v) is 3.10. The van der Waals surface area contributed by atoms with Crippen molar-refractivity contribution >= 4 is 0 Å². The van der Waals surface area contributed by atoms with Gasteiger partial charge in [0.15, 0.2) is 0 Å². The molecule has 0 radical (unpaired) electrons. The van der Waals surface area contributed by atoms with E-state index in [4.69, 9.17) is 4.74 Å². The Morgan fingerprint density at radius 1 is 1.24 bits per heavy atom. The van der Waals surface area contributed by atoms with Crippen LogP contribution in [0, 0.1) is 0 Å². The first kappa shape index (κ1) is 15.6. The van der Waals surface area contributed by atoms with Crippen LogP contribution >= 0.6 is 0 Å². The van der Waals surface area contributed by atoms with Gasteiger partial charge in [0, 0.05) is 0 Å². The fourth-order valence-electron chi connectivity index (χ4n) is 1.92. The smallest absolute Gasteiger partial charge is 0.111 e. The third-order valence-electron chi connectivity index (χ3n) is 3.10. The maximum atomic E-state index is 9.91. The molecular weight excluding hydrogens is 270 g/mol. The first-order chi connectivity index (χ1) is 10.2.